The molecule has 0 aliphatic heterocycles. The van der Waals surface area contributed by atoms with Crippen molar-refractivity contribution >= 4 is 8.25 Å². The molecule has 108 valence electrons. The van der Waals surface area contributed by atoms with Crippen LogP contribution >= 0.6 is 8.25 Å². The fourth-order valence-electron chi connectivity index (χ4n) is 1.52. The van der Waals surface area contributed by atoms with Gasteiger partial charge < -0.3 is 0 Å². The first kappa shape index (κ1) is 18.6. The minimum Gasteiger partial charge on any atom is -0.120 e. The topological polar surface area (TPSA) is 35.5 Å². The Labute approximate surface area is 123 Å². The van der Waals surface area contributed by atoms with Crippen molar-refractivity contribution in [1.82, 2.24) is 0 Å². The molecule has 0 N–H and O–H groups in total. The second-order valence-electron chi connectivity index (χ2n) is 4.23. The minimum atomic E-state index is -2.23. The van der Waals surface area contributed by atoms with E-state index in [0.717, 1.165) is 12.8 Å². The smallest absolute Gasteiger partial charge is 0.120 e. The van der Waals surface area contributed by atoms with E-state index in [-0.39, 0.29) is 12.2 Å². The summed E-state index contributed by atoms with van der Waals surface area (Å²) in [7, 11) is -2.23. The summed E-state index contributed by atoms with van der Waals surface area (Å²) in [6.07, 6.45) is 17.1. The first-order valence-electron chi connectivity index (χ1n) is 6.57. The van der Waals surface area contributed by atoms with Crippen LogP contribution in [0.4, 0.5) is 0 Å². The molecule has 4 heteroatoms. The van der Waals surface area contributed by atoms with E-state index in [1.165, 1.54) is 0 Å². The Hall–Kier alpha value is -1.38. The second kappa shape index (κ2) is 12.6. The summed E-state index contributed by atoms with van der Waals surface area (Å²) in [5.41, 5.74) is 0. The average Bonchev–Trinajstić information content (AvgIpc) is 2.42. The minimum absolute atomic E-state index is 0.285. The standard InChI is InChI=1S/C16H22O3P/c1-5-9-13-15(11-7-3)18-20(17)19-16(12-8-4)14-10-6-2/h3-6,15-16H,1-2,9-14H2/q+1. The van der Waals surface area contributed by atoms with E-state index in [9.17, 15) is 4.57 Å². The summed E-state index contributed by atoms with van der Waals surface area (Å²) < 4.78 is 22.6. The average molecular weight is 293 g/mol. The van der Waals surface area contributed by atoms with Crippen molar-refractivity contribution in [3.63, 3.8) is 0 Å². The lowest BCUT2D eigenvalue weighted by molar-refractivity contribution is 0.125. The maximum Gasteiger partial charge on any atom is 0.698 e. The van der Waals surface area contributed by atoms with Crippen molar-refractivity contribution in [3.8, 4) is 24.7 Å². The Morgan fingerprint density at radius 2 is 1.40 bits per heavy atom. The van der Waals surface area contributed by atoms with Crippen LogP contribution in [-0.2, 0) is 13.6 Å². The van der Waals surface area contributed by atoms with Gasteiger partial charge in [-0.1, -0.05) is 12.2 Å². The summed E-state index contributed by atoms with van der Waals surface area (Å²) in [5, 5.41) is 0. The molecule has 0 aliphatic carbocycles. The van der Waals surface area contributed by atoms with Gasteiger partial charge in [-0.05, 0) is 25.7 Å². The maximum atomic E-state index is 11.9. The number of rotatable bonds is 12. The van der Waals surface area contributed by atoms with Gasteiger partial charge in [0.1, 0.15) is 12.2 Å². The van der Waals surface area contributed by atoms with Gasteiger partial charge in [-0.2, -0.15) is 0 Å². The lowest BCUT2D eigenvalue weighted by Crippen LogP contribution is -2.12. The first-order chi connectivity index (χ1) is 9.67. The van der Waals surface area contributed by atoms with E-state index in [4.69, 9.17) is 21.9 Å². The number of allylic oxidation sites excluding steroid dienone is 2. The third-order valence-electron chi connectivity index (χ3n) is 2.55. The Bertz CT molecular complexity index is 354. The van der Waals surface area contributed by atoms with Gasteiger partial charge in [0.05, 0.1) is 0 Å². The third kappa shape index (κ3) is 9.54. The molecule has 0 saturated heterocycles. The van der Waals surface area contributed by atoms with Crippen LogP contribution in [0.1, 0.15) is 38.5 Å². The molecule has 0 aromatic rings. The van der Waals surface area contributed by atoms with Crippen molar-refractivity contribution in [2.45, 2.75) is 50.7 Å². The fourth-order valence-corrected chi connectivity index (χ4v) is 2.42. The van der Waals surface area contributed by atoms with Crippen molar-refractivity contribution in [2.75, 3.05) is 0 Å². The van der Waals surface area contributed by atoms with Crippen LogP contribution in [0.2, 0.25) is 0 Å². The zero-order valence-corrected chi connectivity index (χ0v) is 12.7. The van der Waals surface area contributed by atoms with E-state index in [1.807, 2.05) is 0 Å². The van der Waals surface area contributed by atoms with E-state index < -0.39 is 8.25 Å². The van der Waals surface area contributed by atoms with Gasteiger partial charge in [0.25, 0.3) is 0 Å². The van der Waals surface area contributed by atoms with Crippen LogP contribution < -0.4 is 0 Å². The zero-order valence-electron chi connectivity index (χ0n) is 11.8. The predicted octanol–water partition coefficient (Wildman–Crippen LogP) is 4.39. The largest absolute Gasteiger partial charge is 0.698 e. The summed E-state index contributed by atoms with van der Waals surface area (Å²) in [4.78, 5) is 0. The summed E-state index contributed by atoms with van der Waals surface area (Å²) in [6, 6.07) is 0. The molecule has 0 bridgehead atoms. The van der Waals surface area contributed by atoms with Crippen molar-refractivity contribution in [2.24, 2.45) is 0 Å². The molecule has 0 aliphatic rings. The van der Waals surface area contributed by atoms with E-state index >= 15 is 0 Å². The quantitative estimate of drug-likeness (QED) is 0.304. The normalized spacial score (nSPS) is 13.6. The molecule has 3 nitrogen and oxygen atoms in total. The maximum absolute atomic E-state index is 11.9. The molecule has 2 unspecified atom stereocenters. The number of hydrogen-bond donors (Lipinski definition) is 0. The Kier molecular flexibility index (Phi) is 11.8. The van der Waals surface area contributed by atoms with Gasteiger partial charge in [-0.25, -0.2) is 0 Å². The van der Waals surface area contributed by atoms with Crippen molar-refractivity contribution in [1.29, 1.82) is 0 Å². The second-order valence-corrected chi connectivity index (χ2v) is 5.10. The SMILES string of the molecule is C#CCC(CCC=C)O[P+](=O)OC(CC#C)CCC=C. The van der Waals surface area contributed by atoms with Crippen LogP contribution in [-0.4, -0.2) is 12.2 Å². The molecule has 20 heavy (non-hydrogen) atoms. The van der Waals surface area contributed by atoms with Crippen LogP contribution in [0.5, 0.6) is 0 Å². The van der Waals surface area contributed by atoms with Gasteiger partial charge in [-0.15, -0.1) is 46.9 Å². The zero-order chi connectivity index (χ0) is 15.2. The monoisotopic (exact) mass is 293 g/mol. The molecule has 0 aromatic carbocycles. The molecular formula is C16H22O3P+. The van der Waals surface area contributed by atoms with Gasteiger partial charge >= 0.3 is 8.25 Å². The molecule has 0 amide bonds. The molecule has 0 radical (unpaired) electrons. The highest BCUT2D eigenvalue weighted by Gasteiger charge is 2.30. The van der Waals surface area contributed by atoms with E-state index in [0.29, 0.717) is 25.7 Å². The van der Waals surface area contributed by atoms with Crippen molar-refractivity contribution < 1.29 is 13.6 Å². The van der Waals surface area contributed by atoms with Gasteiger partial charge in [0.2, 0.25) is 0 Å². The molecule has 0 heterocycles. The van der Waals surface area contributed by atoms with Crippen LogP contribution in [0.3, 0.4) is 0 Å². The molecule has 0 fully saturated rings. The number of terminal acetylenes is 2. The lowest BCUT2D eigenvalue weighted by atomic mass is 10.1. The van der Waals surface area contributed by atoms with Gasteiger partial charge in [-0.3, -0.25) is 0 Å². The van der Waals surface area contributed by atoms with Crippen LogP contribution in [0, 0.1) is 24.7 Å². The Morgan fingerprint density at radius 3 is 1.70 bits per heavy atom. The first-order valence-corrected chi connectivity index (χ1v) is 7.67. The van der Waals surface area contributed by atoms with Gasteiger partial charge in [0, 0.05) is 17.4 Å². The molecule has 0 saturated carbocycles. The highest BCUT2D eigenvalue weighted by molar-refractivity contribution is 7.33. The summed E-state index contributed by atoms with van der Waals surface area (Å²) >= 11 is 0. The lowest BCUT2D eigenvalue weighted by Gasteiger charge is -2.08. The van der Waals surface area contributed by atoms with Crippen molar-refractivity contribution in [3.05, 3.63) is 25.3 Å². The van der Waals surface area contributed by atoms with Gasteiger partial charge in [0.15, 0.2) is 0 Å². The molecule has 0 aromatic heterocycles. The van der Waals surface area contributed by atoms with E-state index in [1.54, 1.807) is 12.2 Å². The van der Waals surface area contributed by atoms with E-state index in [2.05, 4.69) is 25.0 Å². The molecule has 0 spiro atoms. The fraction of sp³-hybridized carbons (Fsp3) is 0.500. The summed E-state index contributed by atoms with van der Waals surface area (Å²) in [5.74, 6) is 5.01. The van der Waals surface area contributed by atoms with Crippen LogP contribution in [0.15, 0.2) is 25.3 Å². The third-order valence-corrected chi connectivity index (χ3v) is 3.49. The highest BCUT2D eigenvalue weighted by atomic mass is 31.1. The predicted molar refractivity (Wildman–Crippen MR) is 83.1 cm³/mol. The number of hydrogen-bond acceptors (Lipinski definition) is 3. The molecule has 0 rings (SSSR count). The Balaban J connectivity index is 4.31. The highest BCUT2D eigenvalue weighted by Crippen LogP contribution is 2.32. The van der Waals surface area contributed by atoms with Crippen LogP contribution in [0.25, 0.3) is 0 Å². The molecular weight excluding hydrogens is 271 g/mol. The Morgan fingerprint density at radius 1 is 1.00 bits per heavy atom. The molecule has 2 atom stereocenters. The summed E-state index contributed by atoms with van der Waals surface area (Å²) in [6.45, 7) is 7.27.